The Kier molecular flexibility index (Phi) is 5.65. The first-order valence-electron chi connectivity index (χ1n) is 7.44. The molecule has 1 saturated carbocycles. The van der Waals surface area contributed by atoms with Crippen LogP contribution in [0.15, 0.2) is 27.3 Å². The molecular formula is C16H22BrNO3. The molecule has 1 heterocycles. The number of carbonyl (C=O) groups excluding carboxylic acids is 1. The van der Waals surface area contributed by atoms with E-state index in [1.807, 2.05) is 0 Å². The monoisotopic (exact) mass is 355 g/mol. The Labute approximate surface area is 133 Å². The molecule has 4 nitrogen and oxygen atoms in total. The molecule has 2 rings (SSSR count). The second-order valence-electron chi connectivity index (χ2n) is 5.77. The van der Waals surface area contributed by atoms with Gasteiger partial charge in [-0.1, -0.05) is 13.3 Å². The van der Waals surface area contributed by atoms with E-state index in [4.69, 9.17) is 4.42 Å². The molecule has 2 N–H and O–H groups in total. The van der Waals surface area contributed by atoms with Crippen LogP contribution in [0.3, 0.4) is 0 Å². The van der Waals surface area contributed by atoms with Crippen molar-refractivity contribution in [3.63, 3.8) is 0 Å². The largest absolute Gasteiger partial charge is 0.450 e. The van der Waals surface area contributed by atoms with Gasteiger partial charge < -0.3 is 14.8 Å². The lowest BCUT2D eigenvalue weighted by atomic mass is 9.78. The zero-order valence-corrected chi connectivity index (χ0v) is 13.9. The van der Waals surface area contributed by atoms with Gasteiger partial charge in [-0.2, -0.15) is 0 Å². The minimum atomic E-state index is -0.747. The molecule has 0 spiro atoms. The van der Waals surface area contributed by atoms with Gasteiger partial charge in [-0.25, -0.2) is 0 Å². The lowest BCUT2D eigenvalue weighted by molar-refractivity contribution is -0.118. The maximum Gasteiger partial charge on any atom is 0.244 e. The molecule has 0 aliphatic heterocycles. The van der Waals surface area contributed by atoms with E-state index in [-0.39, 0.29) is 5.91 Å². The van der Waals surface area contributed by atoms with E-state index < -0.39 is 5.60 Å². The Morgan fingerprint density at radius 3 is 2.81 bits per heavy atom. The summed E-state index contributed by atoms with van der Waals surface area (Å²) in [6, 6.07) is 3.54. The predicted octanol–water partition coefficient (Wildman–Crippen LogP) is 3.50. The fourth-order valence-electron chi connectivity index (χ4n) is 2.69. The fraction of sp³-hybridized carbons (Fsp3) is 0.562. The molecule has 116 valence electrons. The van der Waals surface area contributed by atoms with Gasteiger partial charge in [0.05, 0.1) is 5.60 Å². The van der Waals surface area contributed by atoms with Gasteiger partial charge in [0, 0.05) is 12.6 Å². The highest BCUT2D eigenvalue weighted by Gasteiger charge is 2.32. The molecule has 1 amide bonds. The number of hydrogen-bond acceptors (Lipinski definition) is 3. The molecule has 0 radical (unpaired) electrons. The summed E-state index contributed by atoms with van der Waals surface area (Å²) in [5.74, 6) is 1.12. The minimum Gasteiger partial charge on any atom is -0.450 e. The Hall–Kier alpha value is -1.07. The molecule has 1 aliphatic carbocycles. The maximum atomic E-state index is 11.8. The third-order valence-corrected chi connectivity index (χ3v) is 4.62. The van der Waals surface area contributed by atoms with Gasteiger partial charge in [-0.15, -0.1) is 0 Å². The van der Waals surface area contributed by atoms with Gasteiger partial charge >= 0.3 is 0 Å². The number of furan rings is 1. The first-order valence-corrected chi connectivity index (χ1v) is 8.24. The Balaban J connectivity index is 1.77. The zero-order chi connectivity index (χ0) is 15.3. The quantitative estimate of drug-likeness (QED) is 0.794. The van der Waals surface area contributed by atoms with Crippen LogP contribution in [0.4, 0.5) is 0 Å². The van der Waals surface area contributed by atoms with E-state index in [9.17, 15) is 9.90 Å². The average Bonchev–Trinajstić information content (AvgIpc) is 2.90. The molecule has 0 aromatic carbocycles. The van der Waals surface area contributed by atoms with E-state index in [1.165, 1.54) is 12.5 Å². The van der Waals surface area contributed by atoms with Crippen LogP contribution in [0, 0.1) is 5.92 Å². The molecule has 0 bridgehead atoms. The van der Waals surface area contributed by atoms with Crippen molar-refractivity contribution in [1.82, 2.24) is 5.32 Å². The molecule has 1 aromatic rings. The van der Waals surface area contributed by atoms with Gasteiger partial charge in [-0.05, 0) is 65.7 Å². The van der Waals surface area contributed by atoms with Crippen LogP contribution in [0.25, 0.3) is 6.08 Å². The molecule has 0 saturated heterocycles. The first-order chi connectivity index (χ1) is 10.0. The lowest BCUT2D eigenvalue weighted by Crippen LogP contribution is -2.45. The molecular weight excluding hydrogens is 334 g/mol. The third kappa shape index (κ3) is 5.00. The highest BCUT2D eigenvalue weighted by molar-refractivity contribution is 9.10. The molecule has 5 heteroatoms. The van der Waals surface area contributed by atoms with Crippen molar-refractivity contribution < 1.29 is 14.3 Å². The molecule has 0 unspecified atom stereocenters. The SMILES string of the molecule is CCC1CCC(O)(CNC(=O)C=Cc2ccc(Br)o2)CC1. The second-order valence-corrected chi connectivity index (χ2v) is 6.55. The minimum absolute atomic E-state index is 0.214. The Bertz CT molecular complexity index is 501. The van der Waals surface area contributed by atoms with Gasteiger partial charge in [0.15, 0.2) is 4.67 Å². The Morgan fingerprint density at radius 1 is 1.52 bits per heavy atom. The zero-order valence-electron chi connectivity index (χ0n) is 12.3. The van der Waals surface area contributed by atoms with Crippen molar-refractivity contribution in [1.29, 1.82) is 0 Å². The summed E-state index contributed by atoms with van der Waals surface area (Å²) in [6.07, 6.45) is 7.81. The smallest absolute Gasteiger partial charge is 0.244 e. The molecule has 1 aliphatic rings. The van der Waals surface area contributed by atoms with Crippen molar-refractivity contribution in [3.05, 3.63) is 28.6 Å². The summed E-state index contributed by atoms with van der Waals surface area (Å²) in [7, 11) is 0. The summed E-state index contributed by atoms with van der Waals surface area (Å²) in [5.41, 5.74) is -0.747. The van der Waals surface area contributed by atoms with Crippen LogP contribution in [0.1, 0.15) is 44.8 Å². The number of carbonyl (C=O) groups is 1. The van der Waals surface area contributed by atoms with Crippen LogP contribution < -0.4 is 5.32 Å². The fourth-order valence-corrected chi connectivity index (χ4v) is 3.01. The van der Waals surface area contributed by atoms with Gasteiger partial charge in [0.2, 0.25) is 5.91 Å². The predicted molar refractivity (Wildman–Crippen MR) is 85.7 cm³/mol. The average molecular weight is 356 g/mol. The highest BCUT2D eigenvalue weighted by Crippen LogP contribution is 2.33. The van der Waals surface area contributed by atoms with Crippen molar-refractivity contribution in [2.75, 3.05) is 6.54 Å². The summed E-state index contributed by atoms with van der Waals surface area (Å²) < 4.78 is 5.90. The van der Waals surface area contributed by atoms with E-state index >= 15 is 0 Å². The number of nitrogens with one attached hydrogen (secondary N) is 1. The van der Waals surface area contributed by atoms with Crippen molar-refractivity contribution in [3.8, 4) is 0 Å². The second kappa shape index (κ2) is 7.27. The van der Waals surface area contributed by atoms with E-state index in [0.29, 0.717) is 17.0 Å². The molecule has 21 heavy (non-hydrogen) atoms. The number of rotatable bonds is 5. The standard InChI is InChI=1S/C16H22BrNO3/c1-2-12-7-9-16(20,10-8-12)11-18-15(19)6-4-13-3-5-14(17)21-13/h3-6,12,20H,2,7-11H2,1H3,(H,18,19). The summed E-state index contributed by atoms with van der Waals surface area (Å²) in [4.78, 5) is 11.8. The normalized spacial score (nSPS) is 26.1. The third-order valence-electron chi connectivity index (χ3n) is 4.20. The van der Waals surface area contributed by atoms with E-state index in [2.05, 4.69) is 28.2 Å². The van der Waals surface area contributed by atoms with Crippen LogP contribution in [0.5, 0.6) is 0 Å². The van der Waals surface area contributed by atoms with E-state index in [1.54, 1.807) is 18.2 Å². The van der Waals surface area contributed by atoms with Crippen LogP contribution >= 0.6 is 15.9 Å². The number of halogens is 1. The topological polar surface area (TPSA) is 62.5 Å². The summed E-state index contributed by atoms with van der Waals surface area (Å²) >= 11 is 3.21. The number of aliphatic hydroxyl groups is 1. The van der Waals surface area contributed by atoms with Crippen molar-refractivity contribution in [2.45, 2.75) is 44.6 Å². The van der Waals surface area contributed by atoms with Crippen LogP contribution in [-0.2, 0) is 4.79 Å². The van der Waals surface area contributed by atoms with Crippen LogP contribution in [-0.4, -0.2) is 23.2 Å². The van der Waals surface area contributed by atoms with E-state index in [0.717, 1.165) is 31.6 Å². The Morgan fingerprint density at radius 2 is 2.24 bits per heavy atom. The number of amides is 1. The first kappa shape index (κ1) is 16.3. The lowest BCUT2D eigenvalue weighted by Gasteiger charge is -2.35. The molecule has 1 aromatic heterocycles. The van der Waals surface area contributed by atoms with Crippen molar-refractivity contribution >= 4 is 27.9 Å². The number of hydrogen-bond donors (Lipinski definition) is 2. The summed E-state index contributed by atoms with van der Waals surface area (Å²) in [6.45, 7) is 2.50. The van der Waals surface area contributed by atoms with Gasteiger partial charge in [0.1, 0.15) is 5.76 Å². The van der Waals surface area contributed by atoms with Crippen molar-refractivity contribution in [2.24, 2.45) is 5.92 Å². The molecule has 0 atom stereocenters. The van der Waals surface area contributed by atoms with Gasteiger partial charge in [0.25, 0.3) is 0 Å². The molecule has 1 fully saturated rings. The maximum absolute atomic E-state index is 11.8. The summed E-state index contributed by atoms with van der Waals surface area (Å²) in [5, 5.41) is 13.2. The van der Waals surface area contributed by atoms with Gasteiger partial charge in [-0.3, -0.25) is 4.79 Å². The highest BCUT2D eigenvalue weighted by atomic mass is 79.9. The van der Waals surface area contributed by atoms with Crippen LogP contribution in [0.2, 0.25) is 0 Å².